The van der Waals surface area contributed by atoms with Gasteiger partial charge in [-0.25, -0.2) is 0 Å². The first-order chi connectivity index (χ1) is 18.8. The molecule has 0 unspecified atom stereocenters. The fourth-order valence-electron chi connectivity index (χ4n) is 6.19. The topological polar surface area (TPSA) is 4.93 Å². The van der Waals surface area contributed by atoms with Crippen LogP contribution in [-0.4, -0.2) is 4.57 Å². The Morgan fingerprint density at radius 1 is 0.395 bits per heavy atom. The molecule has 1 heteroatoms. The zero-order valence-corrected chi connectivity index (χ0v) is 20.9. The third kappa shape index (κ3) is 3.26. The van der Waals surface area contributed by atoms with Gasteiger partial charge in [0.05, 0.1) is 11.0 Å². The van der Waals surface area contributed by atoms with Crippen molar-refractivity contribution in [3.05, 3.63) is 151 Å². The largest absolute Gasteiger partial charge is 0.309 e. The molecule has 178 valence electrons. The van der Waals surface area contributed by atoms with Gasteiger partial charge in [0.2, 0.25) is 0 Å². The van der Waals surface area contributed by atoms with Crippen LogP contribution in [0.4, 0.5) is 0 Å². The van der Waals surface area contributed by atoms with Gasteiger partial charge in [-0.1, -0.05) is 109 Å². The van der Waals surface area contributed by atoms with Crippen LogP contribution in [0.1, 0.15) is 11.1 Å². The maximum Gasteiger partial charge on any atom is 0.0541 e. The Morgan fingerprint density at radius 2 is 1.03 bits per heavy atom. The number of aromatic nitrogens is 1. The molecular weight excluding hydrogens is 458 g/mol. The molecule has 0 aliphatic heterocycles. The van der Waals surface area contributed by atoms with Crippen molar-refractivity contribution in [2.45, 2.75) is 6.42 Å². The second kappa shape index (κ2) is 8.33. The quantitative estimate of drug-likeness (QED) is 0.236. The zero-order valence-electron chi connectivity index (χ0n) is 20.9. The standard InChI is InChI=1S/C37H25N/c1-2-8-25(9-3-1)26-14-18-31(19-15-26)38-36-13-7-6-12-34(36)35-24-28(17-21-37(35)38)27-16-20-33-30(22-27)23-29-10-4-5-11-32(29)33/h1-22,24H,23H2. The van der Waals surface area contributed by atoms with E-state index in [0.717, 1.165) is 6.42 Å². The summed E-state index contributed by atoms with van der Waals surface area (Å²) >= 11 is 0. The molecule has 1 nitrogen and oxygen atoms in total. The second-order valence-corrected chi connectivity index (χ2v) is 10.2. The molecule has 1 aromatic heterocycles. The van der Waals surface area contributed by atoms with E-state index in [1.54, 1.807) is 0 Å². The van der Waals surface area contributed by atoms with Gasteiger partial charge in [0, 0.05) is 16.5 Å². The highest BCUT2D eigenvalue weighted by Gasteiger charge is 2.19. The van der Waals surface area contributed by atoms with Crippen LogP contribution >= 0.6 is 0 Å². The second-order valence-electron chi connectivity index (χ2n) is 10.2. The molecule has 0 bridgehead atoms. The summed E-state index contributed by atoms with van der Waals surface area (Å²) in [6.45, 7) is 0. The molecule has 8 rings (SSSR count). The SMILES string of the molecule is c1ccc(-c2ccc(-n3c4ccccc4c4cc(-c5ccc6c(c5)Cc5ccccc5-6)ccc43)cc2)cc1. The summed E-state index contributed by atoms with van der Waals surface area (Å²) in [6, 6.07) is 50.9. The third-order valence-electron chi connectivity index (χ3n) is 8.03. The number of benzene rings is 6. The predicted molar refractivity (Wildman–Crippen MR) is 160 cm³/mol. The van der Waals surface area contributed by atoms with E-state index in [2.05, 4.69) is 144 Å². The normalized spacial score (nSPS) is 12.1. The van der Waals surface area contributed by atoms with Gasteiger partial charge < -0.3 is 4.57 Å². The highest BCUT2D eigenvalue weighted by molar-refractivity contribution is 6.10. The molecular formula is C37H25N. The Morgan fingerprint density at radius 3 is 1.92 bits per heavy atom. The summed E-state index contributed by atoms with van der Waals surface area (Å²) in [5.74, 6) is 0. The molecule has 6 aromatic carbocycles. The van der Waals surface area contributed by atoms with Crippen LogP contribution < -0.4 is 0 Å². The van der Waals surface area contributed by atoms with Gasteiger partial charge >= 0.3 is 0 Å². The maximum atomic E-state index is 2.39. The highest BCUT2D eigenvalue weighted by atomic mass is 15.0. The summed E-state index contributed by atoms with van der Waals surface area (Å²) in [6.07, 6.45) is 1.01. The molecule has 1 aliphatic rings. The lowest BCUT2D eigenvalue weighted by Crippen LogP contribution is -1.93. The van der Waals surface area contributed by atoms with E-state index in [1.165, 1.54) is 72.0 Å². The first-order valence-corrected chi connectivity index (χ1v) is 13.2. The van der Waals surface area contributed by atoms with Gasteiger partial charge in [0.1, 0.15) is 0 Å². The maximum absolute atomic E-state index is 2.39. The molecule has 0 N–H and O–H groups in total. The van der Waals surface area contributed by atoms with E-state index in [9.17, 15) is 0 Å². The molecule has 0 saturated carbocycles. The van der Waals surface area contributed by atoms with E-state index in [1.807, 2.05) is 0 Å². The van der Waals surface area contributed by atoms with Crippen LogP contribution in [0.3, 0.4) is 0 Å². The minimum atomic E-state index is 1.01. The van der Waals surface area contributed by atoms with Gasteiger partial charge in [-0.05, 0) is 81.3 Å². The summed E-state index contributed by atoms with van der Waals surface area (Å²) in [5, 5.41) is 2.57. The van der Waals surface area contributed by atoms with Gasteiger partial charge in [-0.3, -0.25) is 0 Å². The smallest absolute Gasteiger partial charge is 0.0541 e. The molecule has 1 aliphatic carbocycles. The van der Waals surface area contributed by atoms with Gasteiger partial charge in [-0.2, -0.15) is 0 Å². The van der Waals surface area contributed by atoms with Crippen molar-refractivity contribution < 1.29 is 0 Å². The van der Waals surface area contributed by atoms with E-state index in [-0.39, 0.29) is 0 Å². The molecule has 0 amide bonds. The number of hydrogen-bond donors (Lipinski definition) is 0. The Balaban J connectivity index is 1.25. The fraction of sp³-hybridized carbons (Fsp3) is 0.0270. The van der Waals surface area contributed by atoms with Crippen molar-refractivity contribution >= 4 is 21.8 Å². The Bertz CT molecular complexity index is 1970. The average molecular weight is 484 g/mol. The molecule has 0 radical (unpaired) electrons. The molecule has 0 fully saturated rings. The Kier molecular flexibility index (Phi) is 4.65. The van der Waals surface area contributed by atoms with E-state index in [4.69, 9.17) is 0 Å². The van der Waals surface area contributed by atoms with Crippen molar-refractivity contribution in [3.8, 4) is 39.1 Å². The summed E-state index contributed by atoms with van der Waals surface area (Å²) in [4.78, 5) is 0. The lowest BCUT2D eigenvalue weighted by atomic mass is 9.98. The van der Waals surface area contributed by atoms with Gasteiger partial charge in [0.15, 0.2) is 0 Å². The van der Waals surface area contributed by atoms with Crippen molar-refractivity contribution in [1.29, 1.82) is 0 Å². The van der Waals surface area contributed by atoms with Crippen LogP contribution in [0.2, 0.25) is 0 Å². The predicted octanol–water partition coefficient (Wildman–Crippen LogP) is 9.69. The minimum absolute atomic E-state index is 1.01. The van der Waals surface area contributed by atoms with E-state index < -0.39 is 0 Å². The molecule has 0 atom stereocenters. The summed E-state index contributed by atoms with van der Waals surface area (Å²) in [7, 11) is 0. The lowest BCUT2D eigenvalue weighted by Gasteiger charge is -2.10. The number of fused-ring (bicyclic) bond motifs is 6. The highest BCUT2D eigenvalue weighted by Crippen LogP contribution is 2.40. The number of para-hydroxylation sites is 1. The first-order valence-electron chi connectivity index (χ1n) is 13.2. The Hall–Kier alpha value is -4.88. The third-order valence-corrected chi connectivity index (χ3v) is 8.03. The van der Waals surface area contributed by atoms with Crippen LogP contribution in [0.15, 0.2) is 140 Å². The molecule has 1 heterocycles. The fourth-order valence-corrected chi connectivity index (χ4v) is 6.19. The van der Waals surface area contributed by atoms with E-state index in [0.29, 0.717) is 0 Å². The number of hydrogen-bond acceptors (Lipinski definition) is 0. The summed E-state index contributed by atoms with van der Waals surface area (Å²) < 4.78 is 2.39. The molecule has 0 saturated heterocycles. The van der Waals surface area contributed by atoms with Crippen molar-refractivity contribution in [1.82, 2.24) is 4.57 Å². The molecule has 38 heavy (non-hydrogen) atoms. The van der Waals surface area contributed by atoms with Gasteiger partial charge in [-0.15, -0.1) is 0 Å². The summed E-state index contributed by atoms with van der Waals surface area (Å²) in [5.41, 5.74) is 14.3. The van der Waals surface area contributed by atoms with Crippen LogP contribution in [0.5, 0.6) is 0 Å². The zero-order chi connectivity index (χ0) is 25.1. The minimum Gasteiger partial charge on any atom is -0.309 e. The van der Waals surface area contributed by atoms with Crippen LogP contribution in [0, 0.1) is 0 Å². The van der Waals surface area contributed by atoms with Crippen LogP contribution in [-0.2, 0) is 6.42 Å². The average Bonchev–Trinajstić information content (AvgIpc) is 3.52. The monoisotopic (exact) mass is 483 g/mol. The van der Waals surface area contributed by atoms with Gasteiger partial charge in [0.25, 0.3) is 0 Å². The van der Waals surface area contributed by atoms with Crippen molar-refractivity contribution in [3.63, 3.8) is 0 Å². The number of nitrogens with zero attached hydrogens (tertiary/aromatic N) is 1. The van der Waals surface area contributed by atoms with Crippen molar-refractivity contribution in [2.24, 2.45) is 0 Å². The van der Waals surface area contributed by atoms with Crippen LogP contribution in [0.25, 0.3) is 60.9 Å². The van der Waals surface area contributed by atoms with E-state index >= 15 is 0 Å². The van der Waals surface area contributed by atoms with Crippen molar-refractivity contribution in [2.75, 3.05) is 0 Å². The molecule has 7 aromatic rings. The number of rotatable bonds is 3. The Labute approximate surface area is 222 Å². The molecule has 0 spiro atoms. The first kappa shape index (κ1) is 21.2. The lowest BCUT2D eigenvalue weighted by molar-refractivity contribution is 1.18.